The van der Waals surface area contributed by atoms with Crippen LogP contribution in [0.2, 0.25) is 5.15 Å². The van der Waals surface area contributed by atoms with Crippen LogP contribution in [0.15, 0.2) is 36.5 Å². The molecule has 0 bridgehead atoms. The summed E-state index contributed by atoms with van der Waals surface area (Å²) in [6.45, 7) is 0. The number of pyridine rings is 1. The van der Waals surface area contributed by atoms with Gasteiger partial charge in [0.15, 0.2) is 0 Å². The normalized spacial score (nSPS) is 18.0. The monoisotopic (exact) mass is 337 g/mol. The van der Waals surface area contributed by atoms with Crippen LogP contribution in [0, 0.1) is 11.6 Å². The number of amides is 3. The zero-order chi connectivity index (χ0) is 16.7. The van der Waals surface area contributed by atoms with Gasteiger partial charge in [0.25, 0.3) is 5.91 Å². The van der Waals surface area contributed by atoms with Gasteiger partial charge in [-0.15, -0.1) is 0 Å². The van der Waals surface area contributed by atoms with E-state index >= 15 is 0 Å². The minimum atomic E-state index is -1.24. The molecule has 1 saturated heterocycles. The van der Waals surface area contributed by atoms with Gasteiger partial charge in [0, 0.05) is 12.6 Å². The number of likely N-dealkylation sites (N-methyl/N-ethyl adjacent to an activating group) is 1. The fourth-order valence-corrected chi connectivity index (χ4v) is 2.57. The highest BCUT2D eigenvalue weighted by Crippen LogP contribution is 2.34. The Morgan fingerprint density at radius 1 is 1.17 bits per heavy atom. The minimum Gasteiger partial charge on any atom is -0.311 e. The average Bonchev–Trinajstić information content (AvgIpc) is 2.73. The lowest BCUT2D eigenvalue weighted by Gasteiger charge is -2.16. The van der Waals surface area contributed by atoms with Crippen molar-refractivity contribution in [1.82, 2.24) is 9.88 Å². The van der Waals surface area contributed by atoms with Crippen LogP contribution in [0.1, 0.15) is 11.6 Å². The molecule has 0 spiro atoms. The van der Waals surface area contributed by atoms with Crippen molar-refractivity contribution < 1.29 is 18.4 Å². The lowest BCUT2D eigenvalue weighted by molar-refractivity contribution is -0.119. The second kappa shape index (κ2) is 5.58. The second-order valence-electron chi connectivity index (χ2n) is 4.97. The van der Waals surface area contributed by atoms with Crippen LogP contribution >= 0.6 is 11.6 Å². The fourth-order valence-electron chi connectivity index (χ4n) is 2.45. The van der Waals surface area contributed by atoms with E-state index in [1.54, 1.807) is 0 Å². The number of carbonyl (C=O) groups excluding carboxylic acids is 2. The van der Waals surface area contributed by atoms with E-state index in [0.29, 0.717) is 0 Å². The first-order valence-electron chi connectivity index (χ1n) is 6.57. The van der Waals surface area contributed by atoms with Gasteiger partial charge in [0.05, 0.1) is 11.9 Å². The summed E-state index contributed by atoms with van der Waals surface area (Å²) in [4.78, 5) is 30.6. The SMILES string of the molecule is CN1C(=O)N(c2ccc(Cl)nc2)C(=O)C1c1cc(F)ccc1F. The zero-order valence-corrected chi connectivity index (χ0v) is 12.6. The van der Waals surface area contributed by atoms with E-state index in [2.05, 4.69) is 4.98 Å². The van der Waals surface area contributed by atoms with Crippen molar-refractivity contribution in [2.24, 2.45) is 0 Å². The van der Waals surface area contributed by atoms with Gasteiger partial charge in [-0.3, -0.25) is 4.79 Å². The van der Waals surface area contributed by atoms with Crippen LogP contribution in [-0.2, 0) is 4.79 Å². The Morgan fingerprint density at radius 3 is 2.57 bits per heavy atom. The number of anilines is 1. The summed E-state index contributed by atoms with van der Waals surface area (Å²) in [6.07, 6.45) is 1.26. The number of hydrogen-bond acceptors (Lipinski definition) is 3. The molecule has 1 aliphatic heterocycles. The Labute approximate surface area is 135 Å². The van der Waals surface area contributed by atoms with Gasteiger partial charge < -0.3 is 4.90 Å². The van der Waals surface area contributed by atoms with E-state index in [-0.39, 0.29) is 16.4 Å². The quantitative estimate of drug-likeness (QED) is 0.625. The molecule has 3 amide bonds. The Morgan fingerprint density at radius 2 is 1.91 bits per heavy atom. The molecule has 118 valence electrons. The fraction of sp³-hybridized carbons (Fsp3) is 0.133. The largest absolute Gasteiger partial charge is 0.332 e. The standard InChI is InChI=1S/C15H10ClF2N3O2/c1-20-13(10-6-8(17)2-4-11(10)18)14(22)21(15(20)23)9-3-5-12(16)19-7-9/h2-7,13H,1H3. The first-order valence-corrected chi connectivity index (χ1v) is 6.95. The molecule has 2 aromatic rings. The Balaban J connectivity index is 2.04. The summed E-state index contributed by atoms with van der Waals surface area (Å²) in [6, 6.07) is 3.74. The second-order valence-corrected chi connectivity index (χ2v) is 5.36. The summed E-state index contributed by atoms with van der Waals surface area (Å²) in [5.74, 6) is -2.15. The molecular weight excluding hydrogens is 328 g/mol. The predicted molar refractivity (Wildman–Crippen MR) is 79.0 cm³/mol. The van der Waals surface area contributed by atoms with Crippen LogP contribution in [0.25, 0.3) is 0 Å². The van der Waals surface area contributed by atoms with Gasteiger partial charge in [-0.05, 0) is 30.3 Å². The number of halogens is 3. The zero-order valence-electron chi connectivity index (χ0n) is 11.8. The number of hydrogen-bond donors (Lipinski definition) is 0. The van der Waals surface area contributed by atoms with Crippen molar-refractivity contribution in [2.45, 2.75) is 6.04 Å². The number of urea groups is 1. The van der Waals surface area contributed by atoms with Gasteiger partial charge in [-0.1, -0.05) is 11.6 Å². The number of rotatable bonds is 2. The number of carbonyl (C=O) groups is 2. The average molecular weight is 338 g/mol. The number of benzene rings is 1. The summed E-state index contributed by atoms with van der Waals surface area (Å²) in [7, 11) is 1.35. The van der Waals surface area contributed by atoms with Crippen LogP contribution in [0.4, 0.5) is 19.3 Å². The molecule has 1 atom stereocenters. The number of aromatic nitrogens is 1. The van der Waals surface area contributed by atoms with Gasteiger partial charge in [-0.2, -0.15) is 0 Å². The molecule has 1 unspecified atom stereocenters. The summed E-state index contributed by atoms with van der Waals surface area (Å²) in [5.41, 5.74) is 0.00540. The summed E-state index contributed by atoms with van der Waals surface area (Å²) >= 11 is 5.68. The maximum atomic E-state index is 14.0. The molecule has 1 aromatic heterocycles. The Kier molecular flexibility index (Phi) is 3.73. The summed E-state index contributed by atoms with van der Waals surface area (Å²) in [5, 5.41) is 0.203. The van der Waals surface area contributed by atoms with Crippen LogP contribution in [0.3, 0.4) is 0 Å². The van der Waals surface area contributed by atoms with Crippen molar-refractivity contribution in [3.8, 4) is 0 Å². The van der Waals surface area contributed by atoms with E-state index < -0.39 is 29.6 Å². The van der Waals surface area contributed by atoms with Crippen LogP contribution in [-0.4, -0.2) is 28.9 Å². The van der Waals surface area contributed by atoms with E-state index in [1.165, 1.54) is 25.4 Å². The molecule has 0 radical (unpaired) electrons. The van der Waals surface area contributed by atoms with Gasteiger partial charge in [0.2, 0.25) is 0 Å². The highest BCUT2D eigenvalue weighted by atomic mass is 35.5. The van der Waals surface area contributed by atoms with Crippen LogP contribution < -0.4 is 4.90 Å². The maximum Gasteiger partial charge on any atom is 0.332 e. The minimum absolute atomic E-state index is 0.199. The Bertz CT molecular complexity index is 798. The summed E-state index contributed by atoms with van der Waals surface area (Å²) < 4.78 is 27.4. The van der Waals surface area contributed by atoms with Crippen molar-refractivity contribution in [3.63, 3.8) is 0 Å². The van der Waals surface area contributed by atoms with Crippen molar-refractivity contribution in [3.05, 3.63) is 58.9 Å². The molecule has 5 nitrogen and oxygen atoms in total. The number of imide groups is 1. The highest BCUT2D eigenvalue weighted by molar-refractivity contribution is 6.29. The lowest BCUT2D eigenvalue weighted by atomic mass is 10.1. The van der Waals surface area contributed by atoms with Gasteiger partial charge in [-0.25, -0.2) is 23.5 Å². The molecule has 1 aliphatic rings. The van der Waals surface area contributed by atoms with E-state index in [9.17, 15) is 18.4 Å². The van der Waals surface area contributed by atoms with Crippen molar-refractivity contribution >= 4 is 29.2 Å². The lowest BCUT2D eigenvalue weighted by Crippen LogP contribution is -2.31. The first kappa shape index (κ1) is 15.4. The van der Waals surface area contributed by atoms with Crippen molar-refractivity contribution in [1.29, 1.82) is 0 Å². The van der Waals surface area contributed by atoms with Gasteiger partial charge in [0.1, 0.15) is 22.8 Å². The van der Waals surface area contributed by atoms with Crippen molar-refractivity contribution in [2.75, 3.05) is 11.9 Å². The van der Waals surface area contributed by atoms with Gasteiger partial charge >= 0.3 is 6.03 Å². The molecule has 0 aliphatic carbocycles. The smallest absolute Gasteiger partial charge is 0.311 e. The third-order valence-corrected chi connectivity index (χ3v) is 3.78. The van der Waals surface area contributed by atoms with E-state index in [0.717, 1.165) is 28.0 Å². The first-order chi connectivity index (χ1) is 10.9. The molecule has 2 heterocycles. The molecular formula is C15H10ClF2N3O2. The topological polar surface area (TPSA) is 53.5 Å². The Hall–Kier alpha value is -2.54. The maximum absolute atomic E-state index is 14.0. The molecule has 0 saturated carbocycles. The molecule has 8 heteroatoms. The third-order valence-electron chi connectivity index (χ3n) is 3.56. The van der Waals surface area contributed by atoms with Crippen LogP contribution in [0.5, 0.6) is 0 Å². The molecule has 1 aromatic carbocycles. The molecule has 23 heavy (non-hydrogen) atoms. The van der Waals surface area contributed by atoms with E-state index in [1.807, 2.05) is 0 Å². The van der Waals surface area contributed by atoms with E-state index in [4.69, 9.17) is 11.6 Å². The highest BCUT2D eigenvalue weighted by Gasteiger charge is 2.46. The molecule has 0 N–H and O–H groups in total. The predicted octanol–water partition coefficient (Wildman–Crippen LogP) is 3.15. The third kappa shape index (κ3) is 2.53. The molecule has 1 fully saturated rings. The number of nitrogens with zero attached hydrogens (tertiary/aromatic N) is 3. The molecule has 3 rings (SSSR count).